The Labute approximate surface area is 198 Å². The van der Waals surface area contributed by atoms with Gasteiger partial charge in [-0.25, -0.2) is 8.42 Å². The molecule has 2 N–H and O–H groups in total. The molecule has 1 aliphatic rings. The Morgan fingerprint density at radius 3 is 2.41 bits per heavy atom. The van der Waals surface area contributed by atoms with Crippen LogP contribution >= 0.6 is 0 Å². The van der Waals surface area contributed by atoms with Crippen LogP contribution in [-0.4, -0.2) is 48.6 Å². The van der Waals surface area contributed by atoms with Crippen LogP contribution in [0.5, 0.6) is 0 Å². The lowest BCUT2D eigenvalue weighted by atomic mass is 9.97. The van der Waals surface area contributed by atoms with Crippen LogP contribution in [-0.2, 0) is 26.2 Å². The number of nitrogens with one attached hydrogen (secondary N) is 2. The Kier molecular flexibility index (Phi) is 8.00. The summed E-state index contributed by atoms with van der Waals surface area (Å²) in [5.41, 5.74) is 1.07. The number of nitro groups is 1. The zero-order chi connectivity index (χ0) is 24.9. The van der Waals surface area contributed by atoms with Crippen LogP contribution in [0.4, 0.5) is 5.69 Å². The number of hydrogen-bond donors (Lipinski definition) is 2. The standard InChI is InChI=1S/C23H28N4O6S/c1-16-8-9-20(27(30)31)14-21(16)34(32,33)26-12-10-19(11-13-26)23(29)25-17(2)22(28)24-15-18-6-4-3-5-7-18/h3-9,14,17,19H,10-13,15H2,1-2H3,(H,24,28)(H,25,29). The van der Waals surface area contributed by atoms with E-state index in [4.69, 9.17) is 0 Å². The first-order valence-electron chi connectivity index (χ1n) is 11.0. The van der Waals surface area contributed by atoms with E-state index >= 15 is 0 Å². The Hall–Kier alpha value is -3.31. The van der Waals surface area contributed by atoms with Crippen LogP contribution in [0.1, 0.15) is 30.9 Å². The van der Waals surface area contributed by atoms with Crippen LogP contribution in [0.3, 0.4) is 0 Å². The van der Waals surface area contributed by atoms with E-state index in [-0.39, 0.29) is 48.3 Å². The highest BCUT2D eigenvalue weighted by atomic mass is 32.2. The SMILES string of the molecule is Cc1ccc([N+](=O)[O-])cc1S(=O)(=O)N1CCC(C(=O)NC(C)C(=O)NCc2ccccc2)CC1. The zero-order valence-corrected chi connectivity index (χ0v) is 19.9. The van der Waals surface area contributed by atoms with E-state index in [1.807, 2.05) is 30.3 Å². The zero-order valence-electron chi connectivity index (χ0n) is 19.1. The minimum atomic E-state index is -3.93. The average molecular weight is 489 g/mol. The number of carbonyl (C=O) groups excluding carboxylic acids is 2. The molecule has 0 aliphatic carbocycles. The summed E-state index contributed by atoms with van der Waals surface area (Å²) in [6.07, 6.45) is 0.578. The minimum Gasteiger partial charge on any atom is -0.350 e. The van der Waals surface area contributed by atoms with Gasteiger partial charge in [0.15, 0.2) is 0 Å². The molecule has 34 heavy (non-hydrogen) atoms. The summed E-state index contributed by atoms with van der Waals surface area (Å²) in [4.78, 5) is 35.3. The molecule has 2 amide bonds. The van der Waals surface area contributed by atoms with Crippen LogP contribution < -0.4 is 10.6 Å². The second-order valence-electron chi connectivity index (χ2n) is 8.32. The van der Waals surface area contributed by atoms with E-state index in [1.165, 1.54) is 16.4 Å². The Bertz CT molecular complexity index is 1160. The molecular weight excluding hydrogens is 460 g/mol. The molecule has 1 fully saturated rings. The third-order valence-corrected chi connectivity index (χ3v) is 7.93. The monoisotopic (exact) mass is 488 g/mol. The van der Waals surface area contributed by atoms with Crippen molar-refractivity contribution in [2.75, 3.05) is 13.1 Å². The maximum atomic E-state index is 13.1. The number of hydrogen-bond acceptors (Lipinski definition) is 6. The van der Waals surface area contributed by atoms with Gasteiger partial charge in [-0.2, -0.15) is 4.31 Å². The number of nitro benzene ring substituents is 1. The van der Waals surface area contributed by atoms with Crippen LogP contribution in [0, 0.1) is 23.0 Å². The van der Waals surface area contributed by atoms with Crippen LogP contribution in [0.25, 0.3) is 0 Å². The van der Waals surface area contributed by atoms with Crippen molar-refractivity contribution < 1.29 is 22.9 Å². The highest BCUT2D eigenvalue weighted by Crippen LogP contribution is 2.28. The van der Waals surface area contributed by atoms with Gasteiger partial charge in [-0.05, 0) is 37.8 Å². The predicted molar refractivity (Wildman–Crippen MR) is 125 cm³/mol. The van der Waals surface area contributed by atoms with Gasteiger partial charge in [0.2, 0.25) is 21.8 Å². The summed E-state index contributed by atoms with van der Waals surface area (Å²) in [5, 5.41) is 16.5. The van der Waals surface area contributed by atoms with Crippen molar-refractivity contribution in [3.8, 4) is 0 Å². The summed E-state index contributed by atoms with van der Waals surface area (Å²) in [5.74, 6) is -1.04. The lowest BCUT2D eigenvalue weighted by molar-refractivity contribution is -0.385. The Morgan fingerprint density at radius 2 is 1.79 bits per heavy atom. The molecule has 2 aromatic rings. The normalized spacial score (nSPS) is 15.9. The number of benzene rings is 2. The first-order valence-corrected chi connectivity index (χ1v) is 12.4. The molecule has 1 atom stereocenters. The molecule has 3 rings (SSSR count). The Balaban J connectivity index is 1.54. The fourth-order valence-corrected chi connectivity index (χ4v) is 5.53. The molecule has 2 aromatic carbocycles. The molecule has 10 nitrogen and oxygen atoms in total. The number of nitrogens with zero attached hydrogens (tertiary/aromatic N) is 2. The van der Waals surface area contributed by atoms with Gasteiger partial charge in [0, 0.05) is 37.7 Å². The van der Waals surface area contributed by atoms with E-state index in [2.05, 4.69) is 10.6 Å². The number of non-ortho nitro benzene ring substituents is 1. The van der Waals surface area contributed by atoms with E-state index in [1.54, 1.807) is 13.8 Å². The molecule has 0 radical (unpaired) electrons. The van der Waals surface area contributed by atoms with E-state index in [9.17, 15) is 28.1 Å². The molecule has 0 spiro atoms. The van der Waals surface area contributed by atoms with Crippen molar-refractivity contribution in [2.24, 2.45) is 5.92 Å². The molecule has 1 heterocycles. The quantitative estimate of drug-likeness (QED) is 0.431. The third kappa shape index (κ3) is 5.97. The molecular formula is C23H28N4O6S. The summed E-state index contributed by atoms with van der Waals surface area (Å²) < 4.78 is 27.4. The highest BCUT2D eigenvalue weighted by Gasteiger charge is 2.34. The number of sulfonamides is 1. The number of aryl methyl sites for hydroxylation is 1. The number of carbonyl (C=O) groups is 2. The topological polar surface area (TPSA) is 139 Å². The van der Waals surface area contributed by atoms with Gasteiger partial charge >= 0.3 is 0 Å². The second-order valence-corrected chi connectivity index (χ2v) is 10.2. The molecule has 1 unspecified atom stereocenters. The molecule has 11 heteroatoms. The van der Waals surface area contributed by atoms with E-state index < -0.39 is 26.9 Å². The minimum absolute atomic E-state index is 0.103. The van der Waals surface area contributed by atoms with Gasteiger partial charge in [-0.3, -0.25) is 19.7 Å². The van der Waals surface area contributed by atoms with Gasteiger partial charge in [-0.1, -0.05) is 36.4 Å². The van der Waals surface area contributed by atoms with Crippen molar-refractivity contribution >= 4 is 27.5 Å². The summed E-state index contributed by atoms with van der Waals surface area (Å²) in [6, 6.07) is 12.4. The van der Waals surface area contributed by atoms with Gasteiger partial charge < -0.3 is 10.6 Å². The Morgan fingerprint density at radius 1 is 1.15 bits per heavy atom. The lowest BCUT2D eigenvalue weighted by Crippen LogP contribution is -2.49. The summed E-state index contributed by atoms with van der Waals surface area (Å²) >= 11 is 0. The highest BCUT2D eigenvalue weighted by molar-refractivity contribution is 7.89. The van der Waals surface area contributed by atoms with Gasteiger partial charge in [-0.15, -0.1) is 0 Å². The van der Waals surface area contributed by atoms with Crippen molar-refractivity contribution in [1.29, 1.82) is 0 Å². The third-order valence-electron chi connectivity index (χ3n) is 5.89. The fourth-order valence-electron chi connectivity index (χ4n) is 3.81. The molecule has 0 aromatic heterocycles. The van der Waals surface area contributed by atoms with Crippen molar-refractivity contribution in [2.45, 2.75) is 44.2 Å². The first-order chi connectivity index (χ1) is 16.1. The maximum Gasteiger partial charge on any atom is 0.270 e. The lowest BCUT2D eigenvalue weighted by Gasteiger charge is -2.31. The number of piperidine rings is 1. The smallest absolute Gasteiger partial charge is 0.270 e. The largest absolute Gasteiger partial charge is 0.350 e. The van der Waals surface area contributed by atoms with Gasteiger partial charge in [0.1, 0.15) is 6.04 Å². The van der Waals surface area contributed by atoms with Crippen molar-refractivity contribution in [3.63, 3.8) is 0 Å². The molecule has 1 saturated heterocycles. The molecule has 0 bridgehead atoms. The maximum absolute atomic E-state index is 13.1. The van der Waals surface area contributed by atoms with Crippen molar-refractivity contribution in [1.82, 2.24) is 14.9 Å². The summed E-state index contributed by atoms with van der Waals surface area (Å²) in [6.45, 7) is 3.76. The van der Waals surface area contributed by atoms with E-state index in [0.29, 0.717) is 12.1 Å². The van der Waals surface area contributed by atoms with Gasteiger partial charge in [0.25, 0.3) is 5.69 Å². The van der Waals surface area contributed by atoms with Crippen LogP contribution in [0.2, 0.25) is 0 Å². The molecule has 182 valence electrons. The van der Waals surface area contributed by atoms with Crippen molar-refractivity contribution in [3.05, 3.63) is 69.8 Å². The second kappa shape index (κ2) is 10.7. The number of rotatable bonds is 8. The molecule has 1 aliphatic heterocycles. The van der Waals surface area contributed by atoms with Crippen LogP contribution in [0.15, 0.2) is 53.4 Å². The average Bonchev–Trinajstić information content (AvgIpc) is 2.83. The number of amides is 2. The fraction of sp³-hybridized carbons (Fsp3) is 0.391. The first kappa shape index (κ1) is 25.3. The molecule has 0 saturated carbocycles. The summed E-state index contributed by atoms with van der Waals surface area (Å²) in [7, 11) is -3.93. The predicted octanol–water partition coefficient (Wildman–Crippen LogP) is 2.13. The van der Waals surface area contributed by atoms with E-state index in [0.717, 1.165) is 11.6 Å². The van der Waals surface area contributed by atoms with Gasteiger partial charge in [0.05, 0.1) is 9.82 Å².